The van der Waals surface area contributed by atoms with Crippen LogP contribution in [0.3, 0.4) is 0 Å². The monoisotopic (exact) mass is 226 g/mol. The van der Waals surface area contributed by atoms with Crippen LogP contribution in [0.1, 0.15) is 25.3 Å². The second-order valence-electron chi connectivity index (χ2n) is 3.66. The number of carbonyl (C=O) groups is 1. The average Bonchev–Trinajstić information content (AvgIpc) is 2.16. The van der Waals surface area contributed by atoms with Crippen molar-refractivity contribution in [3.05, 3.63) is 28.8 Å². The van der Waals surface area contributed by atoms with E-state index >= 15 is 0 Å². The molecule has 0 aliphatic rings. The van der Waals surface area contributed by atoms with Crippen molar-refractivity contribution in [3.8, 4) is 0 Å². The third-order valence-electron chi connectivity index (χ3n) is 2.27. The molecule has 0 unspecified atom stereocenters. The summed E-state index contributed by atoms with van der Waals surface area (Å²) >= 11 is 6.11. The van der Waals surface area contributed by atoms with Gasteiger partial charge < -0.3 is 14.8 Å². The summed E-state index contributed by atoms with van der Waals surface area (Å²) in [6, 6.07) is 5.33. The minimum Gasteiger partial charge on any atom is -0.530 e. The molecule has 0 fully saturated rings. The standard InChI is InChI=1S/C11H14ClNO2/c1-7(2)8-5-4-6-9(10(8)12)13(3)11(14)15/h4-7H,1-3H3,(H,14,15)/p-1. The van der Waals surface area contributed by atoms with Gasteiger partial charge in [-0.25, -0.2) is 0 Å². The number of nitrogens with zero attached hydrogens (tertiary/aromatic N) is 1. The van der Waals surface area contributed by atoms with Crippen LogP contribution in [0.4, 0.5) is 10.5 Å². The highest BCUT2D eigenvalue weighted by Crippen LogP contribution is 2.32. The van der Waals surface area contributed by atoms with Gasteiger partial charge in [0.2, 0.25) is 0 Å². The SMILES string of the molecule is CC(C)c1cccc(N(C)C(=O)[O-])c1Cl. The Hall–Kier alpha value is -1.22. The molecule has 0 aliphatic heterocycles. The van der Waals surface area contributed by atoms with Crippen molar-refractivity contribution in [2.45, 2.75) is 19.8 Å². The molecule has 0 saturated heterocycles. The van der Waals surface area contributed by atoms with Gasteiger partial charge in [-0.1, -0.05) is 37.6 Å². The third kappa shape index (κ3) is 2.42. The van der Waals surface area contributed by atoms with Crippen LogP contribution in [-0.4, -0.2) is 13.1 Å². The lowest BCUT2D eigenvalue weighted by atomic mass is 10.0. The van der Waals surface area contributed by atoms with Gasteiger partial charge in [-0.3, -0.25) is 0 Å². The number of rotatable bonds is 2. The summed E-state index contributed by atoms with van der Waals surface area (Å²) < 4.78 is 0. The van der Waals surface area contributed by atoms with Crippen LogP contribution in [0.5, 0.6) is 0 Å². The van der Waals surface area contributed by atoms with E-state index in [0.29, 0.717) is 10.7 Å². The molecule has 4 heteroatoms. The molecule has 0 saturated carbocycles. The molecule has 0 bridgehead atoms. The van der Waals surface area contributed by atoms with Crippen LogP contribution in [0.2, 0.25) is 5.02 Å². The summed E-state index contributed by atoms with van der Waals surface area (Å²) in [5.41, 5.74) is 1.39. The third-order valence-corrected chi connectivity index (χ3v) is 2.68. The molecule has 0 aliphatic carbocycles. The molecule has 1 rings (SSSR count). The molecule has 0 radical (unpaired) electrons. The lowest BCUT2D eigenvalue weighted by Crippen LogP contribution is -2.38. The fraction of sp³-hybridized carbons (Fsp3) is 0.364. The molecular weight excluding hydrogens is 214 g/mol. The quantitative estimate of drug-likeness (QED) is 0.776. The molecule has 1 amide bonds. The maximum absolute atomic E-state index is 10.7. The minimum atomic E-state index is -1.27. The highest BCUT2D eigenvalue weighted by Gasteiger charge is 2.12. The number of carboxylic acid groups (broad SMARTS) is 1. The van der Waals surface area contributed by atoms with E-state index in [-0.39, 0.29) is 5.92 Å². The zero-order valence-corrected chi connectivity index (χ0v) is 9.71. The molecule has 0 spiro atoms. The number of carbonyl (C=O) groups excluding carboxylic acids is 1. The van der Waals surface area contributed by atoms with Crippen molar-refractivity contribution in [1.82, 2.24) is 0 Å². The smallest absolute Gasteiger partial charge is 0.141 e. The molecule has 15 heavy (non-hydrogen) atoms. The van der Waals surface area contributed by atoms with Gasteiger partial charge in [0.05, 0.1) is 10.7 Å². The fourth-order valence-corrected chi connectivity index (χ4v) is 1.81. The zero-order chi connectivity index (χ0) is 11.6. The van der Waals surface area contributed by atoms with Gasteiger partial charge in [-0.15, -0.1) is 0 Å². The van der Waals surface area contributed by atoms with E-state index < -0.39 is 6.09 Å². The topological polar surface area (TPSA) is 43.4 Å². The van der Waals surface area contributed by atoms with Crippen LogP contribution in [0, 0.1) is 0 Å². The van der Waals surface area contributed by atoms with E-state index in [2.05, 4.69) is 0 Å². The number of anilines is 1. The minimum absolute atomic E-state index is 0.257. The first-order valence-electron chi connectivity index (χ1n) is 4.68. The van der Waals surface area contributed by atoms with Crippen molar-refractivity contribution >= 4 is 23.4 Å². The second kappa shape index (κ2) is 4.53. The number of amides is 1. The van der Waals surface area contributed by atoms with E-state index in [1.54, 1.807) is 12.1 Å². The van der Waals surface area contributed by atoms with Crippen LogP contribution < -0.4 is 10.0 Å². The molecule has 82 valence electrons. The number of hydrogen-bond acceptors (Lipinski definition) is 2. The number of halogens is 1. The van der Waals surface area contributed by atoms with Crippen molar-refractivity contribution in [1.29, 1.82) is 0 Å². The predicted molar refractivity (Wildman–Crippen MR) is 59.3 cm³/mol. The molecule has 1 aromatic rings. The van der Waals surface area contributed by atoms with Crippen LogP contribution in [0.15, 0.2) is 18.2 Å². The first-order chi connectivity index (χ1) is 6.95. The van der Waals surface area contributed by atoms with Crippen LogP contribution in [-0.2, 0) is 0 Å². The number of hydrogen-bond donors (Lipinski definition) is 0. The van der Waals surface area contributed by atoms with E-state index in [1.165, 1.54) is 7.05 Å². The van der Waals surface area contributed by atoms with E-state index in [0.717, 1.165) is 10.5 Å². The Bertz CT molecular complexity index is 377. The first-order valence-corrected chi connectivity index (χ1v) is 5.06. The summed E-state index contributed by atoms with van der Waals surface area (Å²) in [5, 5.41) is 11.2. The summed E-state index contributed by atoms with van der Waals surface area (Å²) in [5.74, 6) is 0.257. The molecular formula is C11H13ClNO2-. The summed E-state index contributed by atoms with van der Waals surface area (Å²) in [4.78, 5) is 11.7. The van der Waals surface area contributed by atoms with Gasteiger partial charge in [-0.05, 0) is 17.5 Å². The van der Waals surface area contributed by atoms with Gasteiger partial charge in [0.15, 0.2) is 0 Å². The Labute approximate surface area is 94.3 Å². The Balaban J connectivity index is 3.21. The van der Waals surface area contributed by atoms with Crippen LogP contribution in [0.25, 0.3) is 0 Å². The zero-order valence-electron chi connectivity index (χ0n) is 8.95. The summed E-state index contributed by atoms with van der Waals surface area (Å²) in [6.07, 6.45) is -1.27. The Kier molecular flexibility index (Phi) is 3.58. The number of benzene rings is 1. The Morgan fingerprint density at radius 2 is 2.07 bits per heavy atom. The van der Waals surface area contributed by atoms with E-state index in [1.807, 2.05) is 19.9 Å². The van der Waals surface area contributed by atoms with Gasteiger partial charge in [0.1, 0.15) is 6.09 Å². The Morgan fingerprint density at radius 3 is 2.53 bits per heavy atom. The molecule has 0 N–H and O–H groups in total. The lowest BCUT2D eigenvalue weighted by molar-refractivity contribution is -0.246. The van der Waals surface area contributed by atoms with Crippen LogP contribution >= 0.6 is 11.6 Å². The van der Waals surface area contributed by atoms with Crippen molar-refractivity contribution in [2.75, 3.05) is 11.9 Å². The van der Waals surface area contributed by atoms with Gasteiger partial charge in [0.25, 0.3) is 0 Å². The average molecular weight is 227 g/mol. The molecule has 0 aromatic heterocycles. The molecule has 3 nitrogen and oxygen atoms in total. The largest absolute Gasteiger partial charge is 0.530 e. The first kappa shape index (κ1) is 11.9. The second-order valence-corrected chi connectivity index (χ2v) is 4.04. The van der Waals surface area contributed by atoms with Gasteiger partial charge in [-0.2, -0.15) is 0 Å². The summed E-state index contributed by atoms with van der Waals surface area (Å²) in [7, 11) is 1.42. The highest BCUT2D eigenvalue weighted by molar-refractivity contribution is 6.34. The normalized spacial score (nSPS) is 10.5. The van der Waals surface area contributed by atoms with Crippen molar-refractivity contribution in [2.24, 2.45) is 0 Å². The van der Waals surface area contributed by atoms with E-state index in [9.17, 15) is 9.90 Å². The maximum atomic E-state index is 10.7. The van der Waals surface area contributed by atoms with Crippen molar-refractivity contribution < 1.29 is 9.90 Å². The Morgan fingerprint density at radius 1 is 1.47 bits per heavy atom. The van der Waals surface area contributed by atoms with E-state index in [4.69, 9.17) is 11.6 Å². The fourth-order valence-electron chi connectivity index (χ4n) is 1.34. The maximum Gasteiger partial charge on any atom is 0.141 e. The molecule has 0 heterocycles. The molecule has 1 aromatic carbocycles. The summed E-state index contributed by atoms with van der Waals surface area (Å²) in [6.45, 7) is 4.01. The predicted octanol–water partition coefficient (Wildman–Crippen LogP) is 2.24. The van der Waals surface area contributed by atoms with Gasteiger partial charge in [0, 0.05) is 7.05 Å². The van der Waals surface area contributed by atoms with Crippen molar-refractivity contribution in [3.63, 3.8) is 0 Å². The highest BCUT2D eigenvalue weighted by atomic mass is 35.5. The molecule has 0 atom stereocenters. The lowest BCUT2D eigenvalue weighted by Gasteiger charge is -2.22. The van der Waals surface area contributed by atoms with Gasteiger partial charge >= 0.3 is 0 Å².